The number of nitrogens with one attached hydrogen (secondary N) is 1. The lowest BCUT2D eigenvalue weighted by molar-refractivity contribution is 0.0951. The van der Waals surface area contributed by atoms with Crippen molar-refractivity contribution >= 4 is 17.2 Å². The molecule has 0 fully saturated rings. The highest BCUT2D eigenvalue weighted by Gasteiger charge is 2.08. The molecule has 0 saturated carbocycles. The molecule has 0 unspecified atom stereocenters. The van der Waals surface area contributed by atoms with E-state index in [2.05, 4.69) is 20.3 Å². The molecule has 1 aromatic carbocycles. The van der Waals surface area contributed by atoms with Gasteiger partial charge < -0.3 is 5.32 Å². The van der Waals surface area contributed by atoms with Crippen molar-refractivity contribution in [3.8, 4) is 11.3 Å². The highest BCUT2D eigenvalue weighted by molar-refractivity contribution is 7.09. The molecule has 0 spiro atoms. The smallest absolute Gasteiger partial charge is 0.251 e. The fraction of sp³-hybridized carbons (Fsp3) is 0.125. The van der Waals surface area contributed by atoms with Gasteiger partial charge in [-0.2, -0.15) is 0 Å². The van der Waals surface area contributed by atoms with Crippen molar-refractivity contribution in [3.05, 3.63) is 64.5 Å². The second kappa shape index (κ2) is 6.44. The van der Waals surface area contributed by atoms with Crippen molar-refractivity contribution in [2.24, 2.45) is 0 Å². The second-order valence-electron chi connectivity index (χ2n) is 4.74. The number of carbonyl (C=O) groups is 1. The molecule has 0 atom stereocenters. The van der Waals surface area contributed by atoms with E-state index in [-0.39, 0.29) is 5.91 Å². The summed E-state index contributed by atoms with van der Waals surface area (Å²) in [5, 5.41) is 5.75. The molecule has 3 aromatic rings. The van der Waals surface area contributed by atoms with Gasteiger partial charge in [-0.1, -0.05) is 12.1 Å². The van der Waals surface area contributed by atoms with E-state index in [9.17, 15) is 4.79 Å². The molecule has 0 aliphatic heterocycles. The van der Waals surface area contributed by atoms with E-state index in [0.717, 1.165) is 22.0 Å². The van der Waals surface area contributed by atoms with Gasteiger partial charge in [-0.15, -0.1) is 11.3 Å². The van der Waals surface area contributed by atoms with Gasteiger partial charge >= 0.3 is 0 Å². The molecule has 0 bridgehead atoms. The van der Waals surface area contributed by atoms with E-state index < -0.39 is 0 Å². The number of rotatable bonds is 4. The van der Waals surface area contributed by atoms with Crippen molar-refractivity contribution < 1.29 is 4.79 Å². The molecule has 2 aromatic heterocycles. The number of nitrogens with zero attached hydrogens (tertiary/aromatic N) is 3. The minimum absolute atomic E-state index is 0.126. The normalized spacial score (nSPS) is 10.4. The van der Waals surface area contributed by atoms with Crippen LogP contribution in [-0.2, 0) is 6.54 Å². The summed E-state index contributed by atoms with van der Waals surface area (Å²) in [6, 6.07) is 7.34. The largest absolute Gasteiger partial charge is 0.346 e. The fourth-order valence-corrected chi connectivity index (χ4v) is 2.72. The van der Waals surface area contributed by atoms with Gasteiger partial charge in [0.1, 0.15) is 5.01 Å². The van der Waals surface area contributed by atoms with Gasteiger partial charge in [0.25, 0.3) is 5.91 Å². The van der Waals surface area contributed by atoms with Crippen LogP contribution in [0.3, 0.4) is 0 Å². The number of aryl methyl sites for hydroxylation is 1. The quantitative estimate of drug-likeness (QED) is 0.804. The molecule has 0 aliphatic carbocycles. The third-order valence-electron chi connectivity index (χ3n) is 3.05. The highest BCUT2D eigenvalue weighted by atomic mass is 32.1. The zero-order valence-corrected chi connectivity index (χ0v) is 12.8. The molecule has 0 radical (unpaired) electrons. The molecule has 0 saturated heterocycles. The molecule has 22 heavy (non-hydrogen) atoms. The predicted octanol–water partition coefficient (Wildman–Crippen LogP) is 2.84. The Morgan fingerprint density at radius 1 is 1.32 bits per heavy atom. The Labute approximate surface area is 132 Å². The lowest BCUT2D eigenvalue weighted by Gasteiger charge is -2.05. The maximum Gasteiger partial charge on any atom is 0.251 e. The molecule has 1 amide bonds. The first-order valence-electron chi connectivity index (χ1n) is 6.78. The summed E-state index contributed by atoms with van der Waals surface area (Å²) < 4.78 is 0. The zero-order chi connectivity index (χ0) is 15.4. The summed E-state index contributed by atoms with van der Waals surface area (Å²) in [6.07, 6.45) is 4.93. The van der Waals surface area contributed by atoms with Crippen LogP contribution in [0.15, 0.2) is 48.2 Å². The Bertz CT molecular complexity index is 786. The van der Waals surface area contributed by atoms with Crippen LogP contribution in [0.2, 0.25) is 0 Å². The average Bonchev–Trinajstić information content (AvgIpc) is 2.99. The maximum atomic E-state index is 12.2. The van der Waals surface area contributed by atoms with Gasteiger partial charge in [0, 0.05) is 34.6 Å². The summed E-state index contributed by atoms with van der Waals surface area (Å²) >= 11 is 1.54. The topological polar surface area (TPSA) is 67.8 Å². The number of thiazole rings is 1. The number of aromatic nitrogens is 3. The predicted molar refractivity (Wildman–Crippen MR) is 85.5 cm³/mol. The molecule has 3 rings (SSSR count). The van der Waals surface area contributed by atoms with Gasteiger partial charge in [0.15, 0.2) is 0 Å². The fourth-order valence-electron chi connectivity index (χ4n) is 2.01. The van der Waals surface area contributed by atoms with Crippen molar-refractivity contribution in [1.29, 1.82) is 0 Å². The summed E-state index contributed by atoms with van der Waals surface area (Å²) in [5.41, 5.74) is 3.17. The van der Waals surface area contributed by atoms with Crippen LogP contribution >= 0.6 is 11.3 Å². The molecule has 110 valence electrons. The Balaban J connectivity index is 1.73. The van der Waals surface area contributed by atoms with Crippen LogP contribution in [-0.4, -0.2) is 20.9 Å². The average molecular weight is 310 g/mol. The monoisotopic (exact) mass is 310 g/mol. The van der Waals surface area contributed by atoms with Crippen LogP contribution in [0.4, 0.5) is 0 Å². The van der Waals surface area contributed by atoms with E-state index in [1.54, 1.807) is 36.0 Å². The summed E-state index contributed by atoms with van der Waals surface area (Å²) in [5.74, 6) is -0.126. The first-order valence-corrected chi connectivity index (χ1v) is 7.66. The molecule has 6 heteroatoms. The van der Waals surface area contributed by atoms with Crippen molar-refractivity contribution in [1.82, 2.24) is 20.3 Å². The summed E-state index contributed by atoms with van der Waals surface area (Å²) in [7, 11) is 0. The first-order chi connectivity index (χ1) is 10.7. The molecular formula is C16H14N4OS. The Morgan fingerprint density at radius 3 is 2.95 bits per heavy atom. The number of hydrogen-bond acceptors (Lipinski definition) is 5. The summed E-state index contributed by atoms with van der Waals surface area (Å²) in [4.78, 5) is 24.9. The van der Waals surface area contributed by atoms with Gasteiger partial charge in [-0.25, -0.2) is 4.98 Å². The van der Waals surface area contributed by atoms with E-state index in [1.807, 2.05) is 30.5 Å². The van der Waals surface area contributed by atoms with E-state index in [4.69, 9.17) is 0 Å². The molecular weight excluding hydrogens is 296 g/mol. The molecule has 1 N–H and O–H groups in total. The first kappa shape index (κ1) is 14.3. The van der Waals surface area contributed by atoms with Crippen molar-refractivity contribution in [2.45, 2.75) is 13.5 Å². The minimum atomic E-state index is -0.126. The zero-order valence-electron chi connectivity index (χ0n) is 12.0. The van der Waals surface area contributed by atoms with Crippen LogP contribution in [0.1, 0.15) is 21.1 Å². The number of hydrogen-bond donors (Lipinski definition) is 1. The van der Waals surface area contributed by atoms with E-state index >= 15 is 0 Å². The van der Waals surface area contributed by atoms with Gasteiger partial charge in [0.2, 0.25) is 0 Å². The Hall–Kier alpha value is -2.60. The molecule has 5 nitrogen and oxygen atoms in total. The number of carbonyl (C=O) groups excluding carboxylic acids is 1. The summed E-state index contributed by atoms with van der Waals surface area (Å²) in [6.45, 7) is 2.37. The van der Waals surface area contributed by atoms with Crippen LogP contribution in [0.5, 0.6) is 0 Å². The Kier molecular flexibility index (Phi) is 4.20. The lowest BCUT2D eigenvalue weighted by Crippen LogP contribution is -2.22. The van der Waals surface area contributed by atoms with Gasteiger partial charge in [0.05, 0.1) is 18.4 Å². The number of amides is 1. The minimum Gasteiger partial charge on any atom is -0.346 e. The van der Waals surface area contributed by atoms with E-state index in [0.29, 0.717) is 12.1 Å². The van der Waals surface area contributed by atoms with Crippen molar-refractivity contribution in [2.75, 3.05) is 0 Å². The second-order valence-corrected chi connectivity index (χ2v) is 5.68. The third-order valence-corrected chi connectivity index (χ3v) is 4.02. The third kappa shape index (κ3) is 3.35. The van der Waals surface area contributed by atoms with Crippen molar-refractivity contribution in [3.63, 3.8) is 0 Å². The van der Waals surface area contributed by atoms with Crippen LogP contribution < -0.4 is 5.32 Å². The standard InChI is InChI=1S/C16H14N4OS/c1-11-10-22-15(20-11)9-19-16(21)13-4-2-3-12(7-13)14-8-17-5-6-18-14/h2-8,10H,9H2,1H3,(H,19,21). The maximum absolute atomic E-state index is 12.2. The highest BCUT2D eigenvalue weighted by Crippen LogP contribution is 2.17. The number of benzene rings is 1. The van der Waals surface area contributed by atoms with Crippen LogP contribution in [0, 0.1) is 6.92 Å². The van der Waals surface area contributed by atoms with Gasteiger partial charge in [-0.05, 0) is 19.1 Å². The van der Waals surface area contributed by atoms with Gasteiger partial charge in [-0.3, -0.25) is 14.8 Å². The Morgan fingerprint density at radius 2 is 2.23 bits per heavy atom. The van der Waals surface area contributed by atoms with E-state index in [1.165, 1.54) is 0 Å². The van der Waals surface area contributed by atoms with Crippen LogP contribution in [0.25, 0.3) is 11.3 Å². The lowest BCUT2D eigenvalue weighted by atomic mass is 10.1. The molecule has 2 heterocycles. The SMILES string of the molecule is Cc1csc(CNC(=O)c2cccc(-c3cnccn3)c2)n1. The molecule has 0 aliphatic rings.